The number of carbonyl (C=O) groups excluding carboxylic acids is 2. The van der Waals surface area contributed by atoms with Gasteiger partial charge in [0, 0.05) is 11.6 Å². The molecule has 7 heteroatoms. The highest BCUT2D eigenvalue weighted by Crippen LogP contribution is 2.36. The average molecular weight is 377 g/mol. The molecule has 1 heterocycles. The van der Waals surface area contributed by atoms with Gasteiger partial charge in [-0.2, -0.15) is 0 Å². The van der Waals surface area contributed by atoms with Crippen molar-refractivity contribution in [2.75, 3.05) is 7.11 Å². The van der Waals surface area contributed by atoms with Crippen LogP contribution < -0.4 is 9.47 Å². The summed E-state index contributed by atoms with van der Waals surface area (Å²) in [6.45, 7) is 1.54. The summed E-state index contributed by atoms with van der Waals surface area (Å²) < 4.78 is 29.5. The van der Waals surface area contributed by atoms with E-state index in [2.05, 4.69) is 4.74 Å². The zero-order valence-corrected chi connectivity index (χ0v) is 14.7. The summed E-state index contributed by atoms with van der Waals surface area (Å²) in [4.78, 5) is 23.9. The van der Waals surface area contributed by atoms with Gasteiger partial charge in [-0.15, -0.1) is 0 Å². The highest BCUT2D eigenvalue weighted by atomic mass is 35.5. The maximum absolute atomic E-state index is 13.9. The lowest BCUT2D eigenvalue weighted by molar-refractivity contribution is -0.147. The Balaban J connectivity index is 1.87. The molecule has 0 saturated carbocycles. The van der Waals surface area contributed by atoms with Gasteiger partial charge in [0.1, 0.15) is 17.3 Å². The fourth-order valence-electron chi connectivity index (χ4n) is 2.44. The lowest BCUT2D eigenvalue weighted by Gasteiger charge is -2.12. The van der Waals surface area contributed by atoms with E-state index in [0.717, 1.165) is 0 Å². The van der Waals surface area contributed by atoms with Crippen molar-refractivity contribution < 1.29 is 28.2 Å². The van der Waals surface area contributed by atoms with Crippen molar-refractivity contribution in [3.63, 3.8) is 0 Å². The number of hydrogen-bond donors (Lipinski definition) is 0. The number of ether oxygens (including phenoxy) is 3. The molecule has 0 aliphatic carbocycles. The molecule has 2 aromatic carbocycles. The summed E-state index contributed by atoms with van der Waals surface area (Å²) in [6.07, 6.45) is 0.444. The molecule has 1 aliphatic rings. The van der Waals surface area contributed by atoms with Gasteiger partial charge in [-0.3, -0.25) is 4.79 Å². The van der Waals surface area contributed by atoms with E-state index in [9.17, 15) is 14.0 Å². The van der Waals surface area contributed by atoms with Crippen LogP contribution in [0.25, 0.3) is 6.08 Å². The molecule has 0 spiro atoms. The zero-order chi connectivity index (χ0) is 18.8. The Morgan fingerprint density at radius 3 is 2.77 bits per heavy atom. The number of benzene rings is 2. The molecule has 0 radical (unpaired) electrons. The number of halogens is 2. The van der Waals surface area contributed by atoms with Gasteiger partial charge < -0.3 is 14.2 Å². The summed E-state index contributed by atoms with van der Waals surface area (Å²) in [5.41, 5.74) is 0.378. The van der Waals surface area contributed by atoms with Crippen molar-refractivity contribution in [2.24, 2.45) is 0 Å². The topological polar surface area (TPSA) is 61.8 Å². The first-order chi connectivity index (χ1) is 12.4. The molecule has 134 valence electrons. The third-order valence-corrected chi connectivity index (χ3v) is 4.09. The molecule has 0 N–H and O–H groups in total. The number of methoxy groups -OCH3 is 1. The van der Waals surface area contributed by atoms with E-state index in [1.54, 1.807) is 6.07 Å². The first-order valence-electron chi connectivity index (χ1n) is 7.67. The van der Waals surface area contributed by atoms with Crippen LogP contribution in [-0.4, -0.2) is 25.0 Å². The van der Waals surface area contributed by atoms with E-state index >= 15 is 0 Å². The number of esters is 1. The third-order valence-electron chi connectivity index (χ3n) is 3.76. The van der Waals surface area contributed by atoms with Gasteiger partial charge in [-0.1, -0.05) is 17.7 Å². The van der Waals surface area contributed by atoms with Crippen LogP contribution in [0.3, 0.4) is 0 Å². The van der Waals surface area contributed by atoms with Crippen molar-refractivity contribution in [3.8, 4) is 11.5 Å². The standard InChI is InChI=1S/C19H14ClFO5/c1-10(19(23)24-2)25-11-6-7-12-16(8-11)26-17(18(12)22)9-13-14(20)4-3-5-15(13)21/h3-10H,1-2H3. The van der Waals surface area contributed by atoms with Crippen LogP contribution in [0, 0.1) is 5.82 Å². The number of allylic oxidation sites excluding steroid dienone is 1. The minimum Gasteiger partial charge on any atom is -0.479 e. The molecular formula is C19H14ClFO5. The predicted molar refractivity (Wildman–Crippen MR) is 92.9 cm³/mol. The van der Waals surface area contributed by atoms with Crippen molar-refractivity contribution in [1.82, 2.24) is 0 Å². The smallest absolute Gasteiger partial charge is 0.346 e. The lowest BCUT2D eigenvalue weighted by Crippen LogP contribution is -2.24. The minimum absolute atomic E-state index is 0.0508. The first-order valence-corrected chi connectivity index (χ1v) is 8.05. The Labute approximate surface area is 153 Å². The van der Waals surface area contributed by atoms with Crippen LogP contribution in [0.4, 0.5) is 4.39 Å². The minimum atomic E-state index is -0.817. The lowest BCUT2D eigenvalue weighted by atomic mass is 10.1. The molecule has 0 saturated heterocycles. The molecule has 0 aromatic heterocycles. The van der Waals surface area contributed by atoms with Gasteiger partial charge in [0.15, 0.2) is 11.9 Å². The molecule has 1 atom stereocenters. The van der Waals surface area contributed by atoms with Crippen molar-refractivity contribution in [1.29, 1.82) is 0 Å². The molecule has 0 fully saturated rings. The second-order valence-electron chi connectivity index (χ2n) is 5.52. The molecular weight excluding hydrogens is 363 g/mol. The molecule has 5 nitrogen and oxygen atoms in total. The molecule has 0 bridgehead atoms. The summed E-state index contributed by atoms with van der Waals surface area (Å²) in [7, 11) is 1.26. The Morgan fingerprint density at radius 2 is 2.08 bits per heavy atom. The monoisotopic (exact) mass is 376 g/mol. The predicted octanol–water partition coefficient (Wildman–Crippen LogP) is 4.04. The fraction of sp³-hybridized carbons (Fsp3) is 0.158. The molecule has 26 heavy (non-hydrogen) atoms. The van der Waals surface area contributed by atoms with Crippen LogP contribution in [0.1, 0.15) is 22.8 Å². The third kappa shape index (κ3) is 3.41. The first kappa shape index (κ1) is 17.9. The maximum Gasteiger partial charge on any atom is 0.346 e. The van der Waals surface area contributed by atoms with Crippen LogP contribution in [0.15, 0.2) is 42.2 Å². The Hall–Kier alpha value is -2.86. The van der Waals surface area contributed by atoms with E-state index < -0.39 is 23.7 Å². The number of ketones is 1. The van der Waals surface area contributed by atoms with Gasteiger partial charge in [0.25, 0.3) is 0 Å². The van der Waals surface area contributed by atoms with Gasteiger partial charge in [0.05, 0.1) is 17.7 Å². The van der Waals surface area contributed by atoms with Crippen LogP contribution in [-0.2, 0) is 9.53 Å². The Kier molecular flexibility index (Phi) is 4.95. The molecule has 0 amide bonds. The summed E-state index contributed by atoms with van der Waals surface area (Å²) in [5, 5.41) is 0.167. The summed E-state index contributed by atoms with van der Waals surface area (Å²) in [6, 6.07) is 8.77. The highest BCUT2D eigenvalue weighted by molar-refractivity contribution is 6.32. The summed E-state index contributed by atoms with van der Waals surface area (Å²) >= 11 is 5.98. The SMILES string of the molecule is COC(=O)C(C)Oc1ccc2c(c1)OC(=Cc1c(F)cccc1Cl)C2=O. The van der Waals surface area contributed by atoms with Crippen LogP contribution in [0.5, 0.6) is 11.5 Å². The van der Waals surface area contributed by atoms with Gasteiger partial charge in [-0.25, -0.2) is 9.18 Å². The van der Waals surface area contributed by atoms with E-state index in [4.69, 9.17) is 21.1 Å². The Morgan fingerprint density at radius 1 is 1.31 bits per heavy atom. The van der Waals surface area contributed by atoms with Crippen molar-refractivity contribution >= 4 is 29.4 Å². The van der Waals surface area contributed by atoms with Crippen molar-refractivity contribution in [2.45, 2.75) is 13.0 Å². The van der Waals surface area contributed by atoms with E-state index in [1.807, 2.05) is 0 Å². The second-order valence-corrected chi connectivity index (χ2v) is 5.92. The average Bonchev–Trinajstić information content (AvgIpc) is 2.92. The number of fused-ring (bicyclic) bond motifs is 1. The quantitative estimate of drug-likeness (QED) is 0.595. The molecule has 2 aromatic rings. The van der Waals surface area contributed by atoms with Gasteiger partial charge >= 0.3 is 5.97 Å². The van der Waals surface area contributed by atoms with Gasteiger partial charge in [0.2, 0.25) is 5.78 Å². The number of rotatable bonds is 4. The zero-order valence-electron chi connectivity index (χ0n) is 13.9. The van der Waals surface area contributed by atoms with Crippen LogP contribution in [0.2, 0.25) is 5.02 Å². The highest BCUT2D eigenvalue weighted by Gasteiger charge is 2.29. The number of Topliss-reactive ketones (excluding diaryl/α,β-unsaturated/α-hetero) is 1. The maximum atomic E-state index is 13.9. The van der Waals surface area contributed by atoms with E-state index in [0.29, 0.717) is 11.3 Å². The van der Waals surface area contributed by atoms with Gasteiger partial charge in [-0.05, 0) is 37.3 Å². The number of hydrogen-bond acceptors (Lipinski definition) is 5. The van der Waals surface area contributed by atoms with Crippen LogP contribution >= 0.6 is 11.6 Å². The second kappa shape index (κ2) is 7.17. The molecule has 1 unspecified atom stereocenters. The molecule has 3 rings (SSSR count). The summed E-state index contributed by atoms with van der Waals surface area (Å²) in [5.74, 6) is -0.953. The van der Waals surface area contributed by atoms with E-state index in [1.165, 1.54) is 50.4 Å². The largest absolute Gasteiger partial charge is 0.479 e. The normalized spacial score (nSPS) is 15.4. The Bertz CT molecular complexity index is 902. The number of carbonyl (C=O) groups is 2. The molecule has 1 aliphatic heterocycles. The fourth-order valence-corrected chi connectivity index (χ4v) is 2.66. The van der Waals surface area contributed by atoms with E-state index in [-0.39, 0.29) is 22.1 Å². The van der Waals surface area contributed by atoms with Crippen molar-refractivity contribution in [3.05, 3.63) is 64.1 Å².